The minimum absolute atomic E-state index is 0.109. The van der Waals surface area contributed by atoms with Gasteiger partial charge >= 0.3 is 0 Å². The number of rotatable bonds is 10. The summed E-state index contributed by atoms with van der Waals surface area (Å²) < 4.78 is 5.83. The van der Waals surface area contributed by atoms with Gasteiger partial charge < -0.3 is 14.9 Å². The Morgan fingerprint density at radius 2 is 1.61 bits per heavy atom. The van der Waals surface area contributed by atoms with Crippen molar-refractivity contribution in [3.8, 4) is 5.75 Å². The highest BCUT2D eigenvalue weighted by atomic mass is 16.5. The van der Waals surface area contributed by atoms with E-state index in [1.165, 1.54) is 32.4 Å². The highest BCUT2D eigenvalue weighted by Gasteiger charge is 2.09. The third kappa shape index (κ3) is 6.87. The van der Waals surface area contributed by atoms with Crippen LogP contribution in [0.15, 0.2) is 24.3 Å². The number of ether oxygens (including phenoxy) is 1. The van der Waals surface area contributed by atoms with Gasteiger partial charge in [-0.2, -0.15) is 0 Å². The predicted molar refractivity (Wildman–Crippen MR) is 91.7 cm³/mol. The number of benzene rings is 1. The van der Waals surface area contributed by atoms with E-state index in [1.54, 1.807) is 0 Å². The van der Waals surface area contributed by atoms with Crippen LogP contribution >= 0.6 is 0 Å². The average Bonchev–Trinajstić information content (AvgIpc) is 2.58. The van der Waals surface area contributed by atoms with E-state index in [0.717, 1.165) is 31.0 Å². The summed E-state index contributed by atoms with van der Waals surface area (Å²) in [4.78, 5) is 4.51. The molecule has 1 aliphatic rings. The van der Waals surface area contributed by atoms with Crippen LogP contribution in [-0.4, -0.2) is 72.6 Å². The highest BCUT2D eigenvalue weighted by Crippen LogP contribution is 2.14. The van der Waals surface area contributed by atoms with Gasteiger partial charge in [0, 0.05) is 26.2 Å². The monoisotopic (exact) mass is 322 g/mol. The van der Waals surface area contributed by atoms with Gasteiger partial charge in [-0.05, 0) is 43.6 Å². The van der Waals surface area contributed by atoms with Crippen molar-refractivity contribution < 1.29 is 14.9 Å². The lowest BCUT2D eigenvalue weighted by molar-refractivity contribution is 0.156. The lowest BCUT2D eigenvalue weighted by atomic mass is 10.1. The van der Waals surface area contributed by atoms with E-state index in [9.17, 15) is 0 Å². The minimum atomic E-state index is 0.109. The second kappa shape index (κ2) is 10.6. The summed E-state index contributed by atoms with van der Waals surface area (Å²) >= 11 is 0. The summed E-state index contributed by atoms with van der Waals surface area (Å²) in [6.07, 6.45) is 3.99. The molecule has 0 unspecified atom stereocenters. The van der Waals surface area contributed by atoms with E-state index in [-0.39, 0.29) is 13.2 Å². The minimum Gasteiger partial charge on any atom is -0.492 e. The van der Waals surface area contributed by atoms with Crippen molar-refractivity contribution in [3.63, 3.8) is 0 Å². The summed E-state index contributed by atoms with van der Waals surface area (Å²) in [5.74, 6) is 0.904. The van der Waals surface area contributed by atoms with E-state index in [1.807, 2.05) is 17.0 Å². The molecule has 1 aliphatic heterocycles. The smallest absolute Gasteiger partial charge is 0.119 e. The molecule has 5 nitrogen and oxygen atoms in total. The molecule has 130 valence electrons. The fourth-order valence-electron chi connectivity index (χ4n) is 2.98. The Morgan fingerprint density at radius 3 is 2.22 bits per heavy atom. The fraction of sp³-hybridized carbons (Fsp3) is 0.667. The lowest BCUT2D eigenvalue weighted by Gasteiger charge is -2.26. The molecule has 1 saturated heterocycles. The second-order valence-corrected chi connectivity index (χ2v) is 6.12. The van der Waals surface area contributed by atoms with E-state index in [4.69, 9.17) is 14.9 Å². The Bertz CT molecular complexity index is 413. The molecule has 0 radical (unpaired) electrons. The van der Waals surface area contributed by atoms with Gasteiger partial charge in [0.2, 0.25) is 0 Å². The highest BCUT2D eigenvalue weighted by molar-refractivity contribution is 5.27. The lowest BCUT2D eigenvalue weighted by Crippen LogP contribution is -2.33. The number of aliphatic hydroxyl groups is 2. The van der Waals surface area contributed by atoms with Crippen molar-refractivity contribution in [1.29, 1.82) is 0 Å². The zero-order valence-electron chi connectivity index (χ0n) is 14.0. The van der Waals surface area contributed by atoms with Crippen molar-refractivity contribution >= 4 is 0 Å². The van der Waals surface area contributed by atoms with Crippen LogP contribution < -0.4 is 4.74 Å². The first-order valence-electron chi connectivity index (χ1n) is 8.70. The zero-order valence-corrected chi connectivity index (χ0v) is 14.0. The molecular formula is C18H30N2O3. The third-order valence-electron chi connectivity index (χ3n) is 4.29. The molecule has 0 aromatic heterocycles. The third-order valence-corrected chi connectivity index (χ3v) is 4.29. The number of likely N-dealkylation sites (tertiary alicyclic amines) is 1. The Kier molecular flexibility index (Phi) is 8.39. The molecule has 0 spiro atoms. The van der Waals surface area contributed by atoms with Crippen LogP contribution in [0.1, 0.15) is 24.8 Å². The van der Waals surface area contributed by atoms with E-state index >= 15 is 0 Å². The Balaban J connectivity index is 1.72. The van der Waals surface area contributed by atoms with Gasteiger partial charge in [0.1, 0.15) is 12.4 Å². The molecule has 2 N–H and O–H groups in total. The number of piperidine rings is 1. The van der Waals surface area contributed by atoms with Gasteiger partial charge in [0.05, 0.1) is 13.2 Å². The molecule has 1 heterocycles. The quantitative estimate of drug-likeness (QED) is 0.681. The molecular weight excluding hydrogens is 292 g/mol. The summed E-state index contributed by atoms with van der Waals surface area (Å²) in [7, 11) is 0. The summed E-state index contributed by atoms with van der Waals surface area (Å²) in [5.41, 5.74) is 1.16. The number of nitrogens with zero attached hydrogens (tertiary/aromatic N) is 2. The molecule has 2 rings (SSSR count). The van der Waals surface area contributed by atoms with Crippen LogP contribution in [0, 0.1) is 0 Å². The Labute approximate surface area is 139 Å². The fourth-order valence-corrected chi connectivity index (χ4v) is 2.98. The van der Waals surface area contributed by atoms with Gasteiger partial charge in [0.15, 0.2) is 0 Å². The molecule has 0 saturated carbocycles. The summed E-state index contributed by atoms with van der Waals surface area (Å²) in [5, 5.41) is 18.1. The molecule has 0 bridgehead atoms. The molecule has 1 aromatic carbocycles. The number of aliphatic hydroxyl groups excluding tert-OH is 2. The topological polar surface area (TPSA) is 56.2 Å². The normalized spacial score (nSPS) is 16.0. The zero-order chi connectivity index (χ0) is 16.3. The van der Waals surface area contributed by atoms with E-state index in [2.05, 4.69) is 17.0 Å². The van der Waals surface area contributed by atoms with Crippen molar-refractivity contribution in [3.05, 3.63) is 29.8 Å². The standard InChI is InChI=1S/C18H30N2O3/c21-13-10-20(11-14-22)16-17-4-6-18(7-5-17)23-15-12-19-8-2-1-3-9-19/h4-7,21-22H,1-3,8-16H2. The molecule has 0 amide bonds. The second-order valence-electron chi connectivity index (χ2n) is 6.12. The van der Waals surface area contributed by atoms with Gasteiger partial charge in [-0.1, -0.05) is 18.6 Å². The van der Waals surface area contributed by atoms with E-state index in [0.29, 0.717) is 13.1 Å². The largest absolute Gasteiger partial charge is 0.492 e. The van der Waals surface area contributed by atoms with Crippen molar-refractivity contribution in [2.45, 2.75) is 25.8 Å². The molecule has 5 heteroatoms. The first-order chi connectivity index (χ1) is 11.3. The van der Waals surface area contributed by atoms with Crippen molar-refractivity contribution in [2.24, 2.45) is 0 Å². The summed E-state index contributed by atoms with van der Waals surface area (Å²) in [6, 6.07) is 8.11. The van der Waals surface area contributed by atoms with E-state index < -0.39 is 0 Å². The van der Waals surface area contributed by atoms with Crippen LogP contribution in [0.4, 0.5) is 0 Å². The van der Waals surface area contributed by atoms with Crippen molar-refractivity contribution in [1.82, 2.24) is 9.80 Å². The van der Waals surface area contributed by atoms with Gasteiger partial charge in [0.25, 0.3) is 0 Å². The molecule has 1 aromatic rings. The SMILES string of the molecule is OCCN(CCO)Cc1ccc(OCCN2CCCCC2)cc1. The number of hydrogen-bond acceptors (Lipinski definition) is 5. The average molecular weight is 322 g/mol. The summed E-state index contributed by atoms with van der Waals surface area (Å²) in [6.45, 7) is 6.25. The Hall–Kier alpha value is -1.14. The van der Waals surface area contributed by atoms with Crippen LogP contribution in [-0.2, 0) is 6.54 Å². The molecule has 0 atom stereocenters. The predicted octanol–water partition coefficient (Wildman–Crippen LogP) is 1.34. The first-order valence-corrected chi connectivity index (χ1v) is 8.70. The molecule has 23 heavy (non-hydrogen) atoms. The first kappa shape index (κ1) is 18.2. The van der Waals surface area contributed by atoms with Gasteiger partial charge in [-0.15, -0.1) is 0 Å². The molecule has 0 aliphatic carbocycles. The Morgan fingerprint density at radius 1 is 0.957 bits per heavy atom. The van der Waals surface area contributed by atoms with Crippen LogP contribution in [0.5, 0.6) is 5.75 Å². The van der Waals surface area contributed by atoms with Gasteiger partial charge in [-0.3, -0.25) is 9.80 Å². The van der Waals surface area contributed by atoms with Gasteiger partial charge in [-0.25, -0.2) is 0 Å². The number of hydrogen-bond donors (Lipinski definition) is 2. The van der Waals surface area contributed by atoms with Crippen LogP contribution in [0.2, 0.25) is 0 Å². The maximum Gasteiger partial charge on any atom is 0.119 e. The molecule has 1 fully saturated rings. The van der Waals surface area contributed by atoms with Crippen molar-refractivity contribution in [2.75, 3.05) is 52.5 Å². The van der Waals surface area contributed by atoms with Crippen LogP contribution in [0.3, 0.4) is 0 Å². The maximum atomic E-state index is 9.04. The van der Waals surface area contributed by atoms with Crippen LogP contribution in [0.25, 0.3) is 0 Å². The maximum absolute atomic E-state index is 9.04.